The molecular weight excluding hydrogens is 360 g/mol. The molecule has 2 saturated carbocycles. The number of rotatable bonds is 4. The fourth-order valence-corrected chi connectivity index (χ4v) is 4.34. The minimum atomic E-state index is -0.285. The lowest BCUT2D eigenvalue weighted by atomic mass is 9.81. The number of ether oxygens (including phenoxy) is 1. The number of nitrogens with zero attached hydrogens (tertiary/aromatic N) is 1. The number of amides is 1. The Morgan fingerprint density at radius 2 is 2.04 bits per heavy atom. The van der Waals surface area contributed by atoms with Crippen LogP contribution in [0.2, 0.25) is 0 Å². The number of carbonyl (C=O) groups excluding carboxylic acids is 1. The molecule has 0 spiro atoms. The van der Waals surface area contributed by atoms with Gasteiger partial charge in [-0.25, -0.2) is 0 Å². The van der Waals surface area contributed by atoms with Gasteiger partial charge in [-0.1, -0.05) is 6.92 Å². The van der Waals surface area contributed by atoms with E-state index in [9.17, 15) is 9.59 Å². The third-order valence-electron chi connectivity index (χ3n) is 5.59. The standard InChI is InChI=1S/C17H23BrN2O3/c1-17(16(19)22)8-12(17)10-3-5-11(6-4-10)23-14-7-15(21)20(2)9-13(14)18/h7,9-12H,3-6,8H2,1-2H3,(H2,19,22). The normalized spacial score (nSPS) is 33.3. The lowest BCUT2D eigenvalue weighted by Crippen LogP contribution is -2.29. The molecule has 3 rings (SSSR count). The SMILES string of the molecule is Cn1cc(Br)c(OC2CCC(C3CC3(C)C(N)=O)CC2)cc1=O. The van der Waals surface area contributed by atoms with E-state index in [4.69, 9.17) is 10.5 Å². The topological polar surface area (TPSA) is 74.3 Å². The van der Waals surface area contributed by atoms with Crippen molar-refractivity contribution in [2.45, 2.75) is 45.1 Å². The van der Waals surface area contributed by atoms with E-state index in [1.165, 1.54) is 10.6 Å². The number of hydrogen-bond acceptors (Lipinski definition) is 3. The highest BCUT2D eigenvalue weighted by atomic mass is 79.9. The zero-order valence-electron chi connectivity index (χ0n) is 13.5. The Morgan fingerprint density at radius 3 is 2.61 bits per heavy atom. The quantitative estimate of drug-likeness (QED) is 0.869. The molecule has 0 aliphatic heterocycles. The molecule has 1 aromatic rings. The van der Waals surface area contributed by atoms with Crippen LogP contribution in [0.1, 0.15) is 39.0 Å². The van der Waals surface area contributed by atoms with E-state index in [-0.39, 0.29) is 23.0 Å². The van der Waals surface area contributed by atoms with Crippen molar-refractivity contribution in [2.24, 2.45) is 30.0 Å². The van der Waals surface area contributed by atoms with Crippen molar-refractivity contribution in [1.82, 2.24) is 4.57 Å². The molecule has 23 heavy (non-hydrogen) atoms. The Kier molecular flexibility index (Phi) is 4.29. The smallest absolute Gasteiger partial charge is 0.254 e. The molecule has 0 bridgehead atoms. The van der Waals surface area contributed by atoms with Gasteiger partial charge in [0.2, 0.25) is 5.91 Å². The molecule has 6 heteroatoms. The molecule has 2 atom stereocenters. The summed E-state index contributed by atoms with van der Waals surface area (Å²) in [6.45, 7) is 1.99. The van der Waals surface area contributed by atoms with Gasteiger partial charge in [-0.15, -0.1) is 0 Å². The molecule has 2 fully saturated rings. The summed E-state index contributed by atoms with van der Waals surface area (Å²) in [5, 5.41) is 0. The van der Waals surface area contributed by atoms with Gasteiger partial charge < -0.3 is 15.0 Å². The van der Waals surface area contributed by atoms with Crippen molar-refractivity contribution in [3.8, 4) is 5.75 Å². The zero-order chi connectivity index (χ0) is 16.8. The third kappa shape index (κ3) is 3.18. The van der Waals surface area contributed by atoms with E-state index in [0.717, 1.165) is 36.6 Å². The maximum Gasteiger partial charge on any atom is 0.254 e. The molecule has 2 aliphatic rings. The second kappa shape index (κ2) is 5.96. The molecule has 1 aromatic heterocycles. The molecule has 2 N–H and O–H groups in total. The van der Waals surface area contributed by atoms with E-state index in [2.05, 4.69) is 15.9 Å². The first-order valence-electron chi connectivity index (χ1n) is 8.14. The van der Waals surface area contributed by atoms with Gasteiger partial charge in [0.25, 0.3) is 5.56 Å². The zero-order valence-corrected chi connectivity index (χ0v) is 15.1. The maximum atomic E-state index is 11.7. The van der Waals surface area contributed by atoms with Crippen molar-refractivity contribution >= 4 is 21.8 Å². The average Bonchev–Trinajstić information content (AvgIpc) is 3.19. The number of halogens is 1. The van der Waals surface area contributed by atoms with Crippen LogP contribution in [0.15, 0.2) is 21.5 Å². The highest BCUT2D eigenvalue weighted by molar-refractivity contribution is 9.10. The number of pyridine rings is 1. The third-order valence-corrected chi connectivity index (χ3v) is 6.19. The van der Waals surface area contributed by atoms with Crippen LogP contribution >= 0.6 is 15.9 Å². The summed E-state index contributed by atoms with van der Waals surface area (Å²) in [4.78, 5) is 23.2. The number of nitrogens with two attached hydrogens (primary N) is 1. The number of aromatic nitrogens is 1. The van der Waals surface area contributed by atoms with Crippen molar-refractivity contribution < 1.29 is 9.53 Å². The van der Waals surface area contributed by atoms with Gasteiger partial charge >= 0.3 is 0 Å². The first kappa shape index (κ1) is 16.6. The van der Waals surface area contributed by atoms with Crippen LogP contribution in [-0.2, 0) is 11.8 Å². The molecular formula is C17H23BrN2O3. The Bertz CT molecular complexity index is 679. The van der Waals surface area contributed by atoms with E-state index in [0.29, 0.717) is 17.6 Å². The predicted molar refractivity (Wildman–Crippen MR) is 91.2 cm³/mol. The molecule has 0 saturated heterocycles. The van der Waals surface area contributed by atoms with Crippen molar-refractivity contribution in [3.05, 3.63) is 27.1 Å². The first-order valence-corrected chi connectivity index (χ1v) is 8.93. The van der Waals surface area contributed by atoms with Gasteiger partial charge in [-0.2, -0.15) is 0 Å². The fraction of sp³-hybridized carbons (Fsp3) is 0.647. The minimum Gasteiger partial charge on any atom is -0.489 e. The largest absolute Gasteiger partial charge is 0.489 e. The summed E-state index contributed by atoms with van der Waals surface area (Å²) in [6, 6.07) is 1.53. The van der Waals surface area contributed by atoms with Crippen LogP contribution in [0.5, 0.6) is 5.75 Å². The molecule has 5 nitrogen and oxygen atoms in total. The van der Waals surface area contributed by atoms with E-state index < -0.39 is 0 Å². The Balaban J connectivity index is 1.57. The second-order valence-electron chi connectivity index (χ2n) is 7.18. The summed E-state index contributed by atoms with van der Waals surface area (Å²) in [6.07, 6.45) is 6.81. The lowest BCUT2D eigenvalue weighted by Gasteiger charge is -2.30. The summed E-state index contributed by atoms with van der Waals surface area (Å²) in [5.41, 5.74) is 5.14. The first-order chi connectivity index (χ1) is 10.8. The van der Waals surface area contributed by atoms with Crippen LogP contribution in [-0.4, -0.2) is 16.6 Å². The van der Waals surface area contributed by atoms with Gasteiger partial charge in [0.1, 0.15) is 5.75 Å². The minimum absolute atomic E-state index is 0.0768. The van der Waals surface area contributed by atoms with Crippen molar-refractivity contribution in [2.75, 3.05) is 0 Å². The average molecular weight is 383 g/mol. The van der Waals surface area contributed by atoms with Crippen molar-refractivity contribution in [1.29, 1.82) is 0 Å². The number of aryl methyl sites for hydroxylation is 1. The molecule has 2 aliphatic carbocycles. The van der Waals surface area contributed by atoms with Crippen molar-refractivity contribution in [3.63, 3.8) is 0 Å². The number of primary amides is 1. The Hall–Kier alpha value is -1.30. The summed E-state index contributed by atoms with van der Waals surface area (Å²) >= 11 is 3.45. The van der Waals surface area contributed by atoms with Gasteiger partial charge in [0, 0.05) is 24.7 Å². The van der Waals surface area contributed by atoms with Gasteiger partial charge in [-0.05, 0) is 59.9 Å². The van der Waals surface area contributed by atoms with Gasteiger partial charge in [-0.3, -0.25) is 9.59 Å². The van der Waals surface area contributed by atoms with Crippen LogP contribution in [0.4, 0.5) is 0 Å². The summed E-state index contributed by atoms with van der Waals surface area (Å²) in [7, 11) is 1.72. The maximum absolute atomic E-state index is 11.7. The molecule has 1 heterocycles. The van der Waals surface area contributed by atoms with E-state index >= 15 is 0 Å². The number of carbonyl (C=O) groups is 1. The van der Waals surface area contributed by atoms with Crippen LogP contribution in [0, 0.1) is 17.3 Å². The van der Waals surface area contributed by atoms with E-state index in [1.807, 2.05) is 6.92 Å². The van der Waals surface area contributed by atoms with Crippen LogP contribution in [0.3, 0.4) is 0 Å². The van der Waals surface area contributed by atoms with Gasteiger partial charge in [0.05, 0.1) is 10.6 Å². The lowest BCUT2D eigenvalue weighted by molar-refractivity contribution is -0.123. The van der Waals surface area contributed by atoms with Crippen LogP contribution < -0.4 is 16.0 Å². The highest BCUT2D eigenvalue weighted by Crippen LogP contribution is 2.59. The molecule has 2 unspecified atom stereocenters. The monoisotopic (exact) mass is 382 g/mol. The summed E-state index contributed by atoms with van der Waals surface area (Å²) in [5.74, 6) is 1.46. The molecule has 1 amide bonds. The fourth-order valence-electron chi connectivity index (χ4n) is 3.83. The number of hydrogen-bond donors (Lipinski definition) is 1. The second-order valence-corrected chi connectivity index (χ2v) is 8.04. The van der Waals surface area contributed by atoms with E-state index in [1.54, 1.807) is 13.2 Å². The van der Waals surface area contributed by atoms with Crippen LogP contribution in [0.25, 0.3) is 0 Å². The summed E-state index contributed by atoms with van der Waals surface area (Å²) < 4.78 is 8.33. The molecule has 0 aromatic carbocycles. The highest BCUT2D eigenvalue weighted by Gasteiger charge is 2.58. The van der Waals surface area contributed by atoms with Gasteiger partial charge in [0.15, 0.2) is 0 Å². The molecule has 126 valence electrons. The predicted octanol–water partition coefficient (Wildman–Crippen LogP) is 2.60. The Morgan fingerprint density at radius 1 is 1.39 bits per heavy atom. The molecule has 0 radical (unpaired) electrons. The Labute approximate surface area is 144 Å².